The van der Waals surface area contributed by atoms with Crippen LogP contribution in [0.15, 0.2) is 18.2 Å². The van der Waals surface area contributed by atoms with Crippen molar-refractivity contribution in [2.75, 3.05) is 38.0 Å². The van der Waals surface area contributed by atoms with Crippen molar-refractivity contribution in [3.8, 4) is 0 Å². The molecule has 0 unspecified atom stereocenters. The lowest BCUT2D eigenvalue weighted by atomic mass is 10.1. The predicted molar refractivity (Wildman–Crippen MR) is 86.0 cm³/mol. The zero-order valence-electron chi connectivity index (χ0n) is 13.3. The van der Waals surface area contributed by atoms with Crippen LogP contribution in [-0.2, 0) is 11.2 Å². The van der Waals surface area contributed by atoms with Crippen molar-refractivity contribution in [3.63, 3.8) is 0 Å². The normalized spacial score (nSPS) is 17.4. The summed E-state index contributed by atoms with van der Waals surface area (Å²) in [6.07, 6.45) is 0.979. The van der Waals surface area contributed by atoms with Crippen LogP contribution in [-0.4, -0.2) is 54.3 Å². The second-order valence-corrected chi connectivity index (χ2v) is 6.32. The molecule has 2 aliphatic rings. The number of nitrogens with zero attached hydrogens (tertiary/aromatic N) is 2. The largest absolute Gasteiger partial charge is 0.384 e. The van der Waals surface area contributed by atoms with E-state index in [0.717, 1.165) is 24.2 Å². The van der Waals surface area contributed by atoms with Crippen molar-refractivity contribution in [1.82, 2.24) is 9.80 Å². The monoisotopic (exact) mass is 301 g/mol. The standard InChI is InChI=1S/C17H23N3O2/c1-12(2)16(21)19-7-9-20(10-8-19)17(22)14-3-4-15-13(11-14)5-6-18-15/h3-4,11-12,18H,5-10H2,1-2H3. The SMILES string of the molecule is CC(C)C(=O)N1CCN(C(=O)c2ccc3c(c2)CCN3)CC1. The van der Waals surface area contributed by atoms with Gasteiger partial charge in [0.25, 0.3) is 5.91 Å². The van der Waals surface area contributed by atoms with Crippen LogP contribution in [0.25, 0.3) is 0 Å². The Kier molecular flexibility index (Phi) is 4.05. The molecule has 0 aromatic heterocycles. The van der Waals surface area contributed by atoms with Gasteiger partial charge in [-0.3, -0.25) is 9.59 Å². The summed E-state index contributed by atoms with van der Waals surface area (Å²) in [5.41, 5.74) is 3.12. The van der Waals surface area contributed by atoms with E-state index in [1.54, 1.807) is 0 Å². The number of rotatable bonds is 2. The summed E-state index contributed by atoms with van der Waals surface area (Å²) in [7, 11) is 0. The van der Waals surface area contributed by atoms with E-state index in [1.807, 2.05) is 41.8 Å². The van der Waals surface area contributed by atoms with Gasteiger partial charge in [0.1, 0.15) is 0 Å². The molecule has 0 bridgehead atoms. The van der Waals surface area contributed by atoms with Crippen LogP contribution in [0, 0.1) is 5.92 Å². The van der Waals surface area contributed by atoms with Crippen molar-refractivity contribution in [1.29, 1.82) is 0 Å². The lowest BCUT2D eigenvalue weighted by Crippen LogP contribution is -2.51. The topological polar surface area (TPSA) is 52.7 Å². The van der Waals surface area contributed by atoms with E-state index in [-0.39, 0.29) is 17.7 Å². The van der Waals surface area contributed by atoms with E-state index in [9.17, 15) is 9.59 Å². The van der Waals surface area contributed by atoms with Crippen LogP contribution in [0.3, 0.4) is 0 Å². The van der Waals surface area contributed by atoms with Gasteiger partial charge >= 0.3 is 0 Å². The zero-order valence-corrected chi connectivity index (χ0v) is 13.3. The summed E-state index contributed by atoms with van der Waals surface area (Å²) in [5.74, 6) is 0.272. The maximum absolute atomic E-state index is 12.6. The van der Waals surface area contributed by atoms with Gasteiger partial charge in [-0.05, 0) is 30.2 Å². The molecule has 1 N–H and O–H groups in total. The Balaban J connectivity index is 1.64. The van der Waals surface area contributed by atoms with E-state index in [0.29, 0.717) is 26.2 Å². The average molecular weight is 301 g/mol. The van der Waals surface area contributed by atoms with E-state index in [2.05, 4.69) is 5.32 Å². The minimum absolute atomic E-state index is 0.0199. The van der Waals surface area contributed by atoms with Crippen molar-refractivity contribution in [2.24, 2.45) is 5.92 Å². The highest BCUT2D eigenvalue weighted by molar-refractivity contribution is 5.95. The minimum Gasteiger partial charge on any atom is -0.384 e. The molecule has 2 heterocycles. The van der Waals surface area contributed by atoms with Crippen LogP contribution < -0.4 is 5.32 Å². The molecule has 0 radical (unpaired) electrons. The van der Waals surface area contributed by atoms with Crippen molar-refractivity contribution in [2.45, 2.75) is 20.3 Å². The Morgan fingerprint density at radius 3 is 2.45 bits per heavy atom. The Labute approximate surface area is 131 Å². The second-order valence-electron chi connectivity index (χ2n) is 6.32. The first-order valence-corrected chi connectivity index (χ1v) is 8.01. The maximum Gasteiger partial charge on any atom is 0.253 e. The summed E-state index contributed by atoms with van der Waals surface area (Å²) in [6.45, 7) is 7.28. The van der Waals surface area contributed by atoms with E-state index < -0.39 is 0 Å². The third kappa shape index (κ3) is 2.80. The molecule has 2 aliphatic heterocycles. The molecule has 118 valence electrons. The first-order chi connectivity index (χ1) is 10.6. The number of carbonyl (C=O) groups excluding carboxylic acids is 2. The lowest BCUT2D eigenvalue weighted by molar-refractivity contribution is -0.135. The van der Waals surface area contributed by atoms with E-state index >= 15 is 0 Å². The van der Waals surface area contributed by atoms with Crippen molar-refractivity contribution in [3.05, 3.63) is 29.3 Å². The van der Waals surface area contributed by atoms with Crippen LogP contribution in [0.5, 0.6) is 0 Å². The highest BCUT2D eigenvalue weighted by Gasteiger charge is 2.26. The van der Waals surface area contributed by atoms with Gasteiger partial charge in [0, 0.05) is 49.9 Å². The van der Waals surface area contributed by atoms with Gasteiger partial charge in [-0.15, -0.1) is 0 Å². The number of piperazine rings is 1. The van der Waals surface area contributed by atoms with Gasteiger partial charge in [0.2, 0.25) is 5.91 Å². The summed E-state index contributed by atoms with van der Waals surface area (Å²) < 4.78 is 0. The quantitative estimate of drug-likeness (QED) is 0.902. The number of carbonyl (C=O) groups is 2. The van der Waals surface area contributed by atoms with Crippen LogP contribution >= 0.6 is 0 Å². The van der Waals surface area contributed by atoms with Gasteiger partial charge in [-0.25, -0.2) is 0 Å². The fourth-order valence-electron chi connectivity index (χ4n) is 3.12. The number of hydrogen-bond acceptors (Lipinski definition) is 3. The third-order valence-electron chi connectivity index (χ3n) is 4.43. The molecule has 1 saturated heterocycles. The summed E-state index contributed by atoms with van der Waals surface area (Å²) in [6, 6.07) is 5.89. The van der Waals surface area contributed by atoms with Gasteiger partial charge < -0.3 is 15.1 Å². The molecule has 0 aliphatic carbocycles. The van der Waals surface area contributed by atoms with Crippen LogP contribution in [0.1, 0.15) is 29.8 Å². The molecular weight excluding hydrogens is 278 g/mol. The lowest BCUT2D eigenvalue weighted by Gasteiger charge is -2.35. The molecule has 22 heavy (non-hydrogen) atoms. The number of anilines is 1. The molecule has 1 aromatic carbocycles. The fraction of sp³-hybridized carbons (Fsp3) is 0.529. The van der Waals surface area contributed by atoms with Gasteiger partial charge in [0.05, 0.1) is 0 Å². The Morgan fingerprint density at radius 1 is 1.09 bits per heavy atom. The molecule has 0 spiro atoms. The molecule has 0 saturated carbocycles. The van der Waals surface area contributed by atoms with Crippen molar-refractivity contribution < 1.29 is 9.59 Å². The van der Waals surface area contributed by atoms with Crippen LogP contribution in [0.4, 0.5) is 5.69 Å². The van der Waals surface area contributed by atoms with Gasteiger partial charge in [-0.2, -0.15) is 0 Å². The Hall–Kier alpha value is -2.04. The molecule has 3 rings (SSSR count). The zero-order chi connectivity index (χ0) is 15.7. The summed E-state index contributed by atoms with van der Waals surface area (Å²) >= 11 is 0. The maximum atomic E-state index is 12.6. The van der Waals surface area contributed by atoms with Crippen molar-refractivity contribution >= 4 is 17.5 Å². The first kappa shape index (κ1) is 14.9. The Morgan fingerprint density at radius 2 is 1.77 bits per heavy atom. The average Bonchev–Trinajstić information content (AvgIpc) is 3.01. The first-order valence-electron chi connectivity index (χ1n) is 8.01. The number of amides is 2. The fourth-order valence-corrected chi connectivity index (χ4v) is 3.12. The third-order valence-corrected chi connectivity index (χ3v) is 4.43. The number of benzene rings is 1. The van der Waals surface area contributed by atoms with E-state index in [1.165, 1.54) is 5.56 Å². The summed E-state index contributed by atoms with van der Waals surface area (Å²) in [4.78, 5) is 28.3. The van der Waals surface area contributed by atoms with Gasteiger partial charge in [0.15, 0.2) is 0 Å². The molecular formula is C17H23N3O2. The summed E-state index contributed by atoms with van der Waals surface area (Å²) in [5, 5.41) is 3.31. The van der Waals surface area contributed by atoms with Crippen LogP contribution in [0.2, 0.25) is 0 Å². The molecule has 5 heteroatoms. The highest BCUT2D eigenvalue weighted by atomic mass is 16.2. The van der Waals surface area contributed by atoms with Gasteiger partial charge in [-0.1, -0.05) is 13.8 Å². The minimum atomic E-state index is 0.0199. The Bertz CT molecular complexity index is 590. The molecule has 1 aromatic rings. The molecule has 2 amide bonds. The molecule has 5 nitrogen and oxygen atoms in total. The number of nitrogens with one attached hydrogen (secondary N) is 1. The molecule has 1 fully saturated rings. The predicted octanol–water partition coefficient (Wildman–Crippen LogP) is 1.59. The highest BCUT2D eigenvalue weighted by Crippen LogP contribution is 2.24. The molecule has 0 atom stereocenters. The second kappa shape index (κ2) is 5.99. The number of hydrogen-bond donors (Lipinski definition) is 1. The van der Waals surface area contributed by atoms with E-state index in [4.69, 9.17) is 0 Å². The smallest absolute Gasteiger partial charge is 0.253 e. The number of fused-ring (bicyclic) bond motifs is 1.